The highest BCUT2D eigenvalue weighted by Gasteiger charge is 2.13. The quantitative estimate of drug-likeness (QED) is 0.897. The van der Waals surface area contributed by atoms with Crippen LogP contribution in [0.5, 0.6) is 0 Å². The first kappa shape index (κ1) is 14.9. The zero-order valence-electron chi connectivity index (χ0n) is 10.9. The lowest BCUT2D eigenvalue weighted by molar-refractivity contribution is 0.102. The first-order chi connectivity index (χ1) is 9.63. The van der Waals surface area contributed by atoms with Crippen molar-refractivity contribution in [3.05, 3.63) is 63.6 Å². The molecule has 0 aliphatic rings. The molecule has 2 N–H and O–H groups in total. The summed E-state index contributed by atoms with van der Waals surface area (Å²) in [5, 5.41) is 6.54. The van der Waals surface area contributed by atoms with E-state index in [2.05, 4.69) is 10.6 Å². The molecule has 2 aromatic carbocycles. The number of benzene rings is 2. The van der Waals surface area contributed by atoms with E-state index in [1.54, 1.807) is 18.2 Å². The van der Waals surface area contributed by atoms with Crippen molar-refractivity contribution in [3.8, 4) is 0 Å². The van der Waals surface area contributed by atoms with Gasteiger partial charge in [-0.1, -0.05) is 47.5 Å². The minimum Gasteiger partial charge on any atom is -0.322 e. The molecule has 3 nitrogen and oxygen atoms in total. The van der Waals surface area contributed by atoms with Crippen LogP contribution in [0.15, 0.2) is 42.5 Å². The molecule has 0 unspecified atom stereocenters. The van der Waals surface area contributed by atoms with Gasteiger partial charge in [-0.25, -0.2) is 0 Å². The number of hydrogen-bond acceptors (Lipinski definition) is 2. The molecule has 0 radical (unpaired) electrons. The monoisotopic (exact) mass is 308 g/mol. The number of carbonyl (C=O) groups excluding carboxylic acids is 1. The van der Waals surface area contributed by atoms with Crippen molar-refractivity contribution < 1.29 is 4.79 Å². The molecule has 2 rings (SSSR count). The van der Waals surface area contributed by atoms with Gasteiger partial charge in [-0.15, -0.1) is 0 Å². The van der Waals surface area contributed by atoms with Gasteiger partial charge in [0.05, 0.1) is 15.6 Å². The van der Waals surface area contributed by atoms with Crippen LogP contribution in [0.25, 0.3) is 0 Å². The zero-order valence-corrected chi connectivity index (χ0v) is 12.4. The number of nitrogens with one attached hydrogen (secondary N) is 2. The summed E-state index contributed by atoms with van der Waals surface area (Å²) >= 11 is 12.0. The van der Waals surface area contributed by atoms with E-state index in [0.717, 1.165) is 11.3 Å². The van der Waals surface area contributed by atoms with E-state index in [4.69, 9.17) is 23.2 Å². The van der Waals surface area contributed by atoms with E-state index in [9.17, 15) is 4.79 Å². The van der Waals surface area contributed by atoms with Crippen LogP contribution in [0.4, 0.5) is 5.69 Å². The summed E-state index contributed by atoms with van der Waals surface area (Å²) in [5.74, 6) is -0.277. The van der Waals surface area contributed by atoms with Gasteiger partial charge in [0.25, 0.3) is 5.91 Å². The third-order valence-electron chi connectivity index (χ3n) is 2.83. The van der Waals surface area contributed by atoms with E-state index < -0.39 is 0 Å². The molecule has 5 heteroatoms. The summed E-state index contributed by atoms with van der Waals surface area (Å²) in [6.07, 6.45) is 0. The molecular weight excluding hydrogens is 295 g/mol. The predicted molar refractivity (Wildman–Crippen MR) is 83.6 cm³/mol. The lowest BCUT2D eigenvalue weighted by Crippen LogP contribution is -2.15. The van der Waals surface area contributed by atoms with Crippen molar-refractivity contribution in [2.75, 3.05) is 12.4 Å². The van der Waals surface area contributed by atoms with Gasteiger partial charge in [-0.05, 0) is 30.8 Å². The molecule has 0 aliphatic heterocycles. The Balaban J connectivity index is 2.26. The van der Waals surface area contributed by atoms with Gasteiger partial charge in [0.1, 0.15) is 0 Å². The first-order valence-corrected chi connectivity index (χ1v) is 6.87. The molecule has 0 atom stereocenters. The van der Waals surface area contributed by atoms with E-state index in [1.165, 1.54) is 0 Å². The smallest absolute Gasteiger partial charge is 0.257 e. The maximum atomic E-state index is 12.3. The number of halogens is 2. The molecule has 20 heavy (non-hydrogen) atoms. The van der Waals surface area contributed by atoms with Crippen LogP contribution >= 0.6 is 23.2 Å². The minimum atomic E-state index is -0.277. The summed E-state index contributed by atoms with van der Waals surface area (Å²) in [6, 6.07) is 12.6. The molecule has 0 saturated heterocycles. The Kier molecular flexibility index (Phi) is 5.01. The number of anilines is 1. The largest absolute Gasteiger partial charge is 0.322 e. The van der Waals surface area contributed by atoms with Crippen molar-refractivity contribution in [2.45, 2.75) is 6.54 Å². The average molecular weight is 309 g/mol. The topological polar surface area (TPSA) is 41.1 Å². The molecule has 1 amide bonds. The lowest BCUT2D eigenvalue weighted by Gasteiger charge is -2.11. The zero-order chi connectivity index (χ0) is 14.5. The summed E-state index contributed by atoms with van der Waals surface area (Å²) in [4.78, 5) is 12.3. The molecule has 0 saturated carbocycles. The summed E-state index contributed by atoms with van der Waals surface area (Å²) in [6.45, 7) is 0.666. The first-order valence-electron chi connectivity index (χ1n) is 6.11. The fourth-order valence-electron chi connectivity index (χ4n) is 1.86. The summed E-state index contributed by atoms with van der Waals surface area (Å²) in [7, 11) is 1.85. The summed E-state index contributed by atoms with van der Waals surface area (Å²) in [5.41, 5.74) is 2.11. The van der Waals surface area contributed by atoms with Gasteiger partial charge >= 0.3 is 0 Å². The molecule has 0 aromatic heterocycles. The molecule has 2 aromatic rings. The Hall–Kier alpha value is -1.55. The molecule has 0 spiro atoms. The van der Waals surface area contributed by atoms with E-state index in [1.807, 2.05) is 31.3 Å². The van der Waals surface area contributed by atoms with E-state index in [-0.39, 0.29) is 10.9 Å². The van der Waals surface area contributed by atoms with Gasteiger partial charge in [0, 0.05) is 12.2 Å². The summed E-state index contributed by atoms with van der Waals surface area (Å²) < 4.78 is 0. The van der Waals surface area contributed by atoms with Gasteiger partial charge in [0.15, 0.2) is 0 Å². The minimum absolute atomic E-state index is 0.262. The molecule has 0 bridgehead atoms. The maximum Gasteiger partial charge on any atom is 0.257 e. The fourth-order valence-corrected chi connectivity index (χ4v) is 2.24. The second-order valence-electron chi connectivity index (χ2n) is 4.24. The standard InChI is InChI=1S/C15H14Cl2N2O/c1-18-9-10-5-2-3-8-13(10)19-15(20)11-6-4-7-12(16)14(11)17/h2-8,18H,9H2,1H3,(H,19,20). The predicted octanol–water partition coefficient (Wildman–Crippen LogP) is 3.97. The Morgan fingerprint density at radius 1 is 1.10 bits per heavy atom. The van der Waals surface area contributed by atoms with Crippen LogP contribution in [0.1, 0.15) is 15.9 Å². The van der Waals surface area contributed by atoms with Crippen molar-refractivity contribution in [1.29, 1.82) is 0 Å². The van der Waals surface area contributed by atoms with Crippen LogP contribution in [0.2, 0.25) is 10.0 Å². The highest BCUT2D eigenvalue weighted by Crippen LogP contribution is 2.26. The SMILES string of the molecule is CNCc1ccccc1NC(=O)c1cccc(Cl)c1Cl. The molecule has 0 aliphatic carbocycles. The van der Waals surface area contributed by atoms with Crippen LogP contribution in [0, 0.1) is 0 Å². The third-order valence-corrected chi connectivity index (χ3v) is 3.65. The Labute approximate surface area is 127 Å². The van der Waals surface area contributed by atoms with Crippen molar-refractivity contribution in [2.24, 2.45) is 0 Å². The number of amides is 1. The molecular formula is C15H14Cl2N2O. The van der Waals surface area contributed by atoms with E-state index >= 15 is 0 Å². The second kappa shape index (κ2) is 6.75. The van der Waals surface area contributed by atoms with Crippen LogP contribution in [-0.2, 0) is 6.54 Å². The lowest BCUT2D eigenvalue weighted by atomic mass is 10.1. The Morgan fingerprint density at radius 3 is 2.60 bits per heavy atom. The second-order valence-corrected chi connectivity index (χ2v) is 5.03. The number of hydrogen-bond donors (Lipinski definition) is 2. The van der Waals surface area contributed by atoms with Gasteiger partial charge in [-0.2, -0.15) is 0 Å². The highest BCUT2D eigenvalue weighted by atomic mass is 35.5. The maximum absolute atomic E-state index is 12.3. The molecule has 0 fully saturated rings. The van der Waals surface area contributed by atoms with Crippen molar-refractivity contribution in [1.82, 2.24) is 5.32 Å². The Bertz CT molecular complexity index is 629. The fraction of sp³-hybridized carbons (Fsp3) is 0.133. The number of rotatable bonds is 4. The van der Waals surface area contributed by atoms with Crippen LogP contribution in [-0.4, -0.2) is 13.0 Å². The number of carbonyl (C=O) groups is 1. The van der Waals surface area contributed by atoms with Gasteiger partial charge < -0.3 is 10.6 Å². The Morgan fingerprint density at radius 2 is 1.85 bits per heavy atom. The van der Waals surface area contributed by atoms with Gasteiger partial charge in [0.2, 0.25) is 0 Å². The van der Waals surface area contributed by atoms with Gasteiger partial charge in [-0.3, -0.25) is 4.79 Å². The number of para-hydroxylation sites is 1. The van der Waals surface area contributed by atoms with Crippen molar-refractivity contribution in [3.63, 3.8) is 0 Å². The highest BCUT2D eigenvalue weighted by molar-refractivity contribution is 6.44. The normalized spacial score (nSPS) is 10.3. The van der Waals surface area contributed by atoms with Crippen LogP contribution < -0.4 is 10.6 Å². The van der Waals surface area contributed by atoms with Crippen molar-refractivity contribution >= 4 is 34.8 Å². The van der Waals surface area contributed by atoms with E-state index in [0.29, 0.717) is 17.1 Å². The molecule has 0 heterocycles. The third kappa shape index (κ3) is 3.31. The molecule has 104 valence electrons. The van der Waals surface area contributed by atoms with Crippen LogP contribution in [0.3, 0.4) is 0 Å². The average Bonchev–Trinajstić information content (AvgIpc) is 2.44.